The van der Waals surface area contributed by atoms with E-state index < -0.39 is 23.3 Å². The molecule has 3 aliphatic rings. The van der Waals surface area contributed by atoms with Crippen molar-refractivity contribution in [3.05, 3.63) is 34.4 Å². The fourth-order valence-electron chi connectivity index (χ4n) is 7.30. The monoisotopic (exact) mass is 714 g/mol. The molecule has 4 aromatic rings. The van der Waals surface area contributed by atoms with E-state index in [1.54, 1.807) is 25.8 Å². The number of nitriles is 1. The number of nitrogens with two attached hydrogens (primary N) is 1. The smallest absolute Gasteiger partial charge is 0.319 e. The molecule has 258 valence electrons. The van der Waals surface area contributed by atoms with Crippen LogP contribution in [0, 0.1) is 34.8 Å². The fraction of sp³-hybridized carbons (Fsp3) is 0.471. The Kier molecular flexibility index (Phi) is 8.65. The third kappa shape index (κ3) is 5.65. The first kappa shape index (κ1) is 33.4. The summed E-state index contributed by atoms with van der Waals surface area (Å²) in [5, 5.41) is 10.2. The fourth-order valence-corrected chi connectivity index (χ4v) is 8.58. The number of benzene rings is 2. The van der Waals surface area contributed by atoms with Crippen molar-refractivity contribution in [1.29, 1.82) is 5.26 Å². The number of ether oxygens (including phenoxy) is 3. The maximum Gasteiger partial charge on any atom is 0.319 e. The van der Waals surface area contributed by atoms with Crippen LogP contribution in [-0.2, 0) is 9.53 Å². The molecule has 0 radical (unpaired) electrons. The third-order valence-electron chi connectivity index (χ3n) is 9.66. The minimum Gasteiger partial charge on any atom is -0.491 e. The SMILES string of the molecule is CC(C)C(=O)OCC1COc2c(Cl)c(-c3ccc(F)c4sc(N)c(C#N)c34)c(F)c3nc(OC[C@@]45CCCN4C[C@H](F)C5)nc(c23)N(C)C1. The summed E-state index contributed by atoms with van der Waals surface area (Å²) in [6, 6.07) is 4.40. The average molecular weight is 715 g/mol. The summed E-state index contributed by atoms with van der Waals surface area (Å²) in [6.07, 6.45) is 1.01. The maximum atomic E-state index is 17.1. The van der Waals surface area contributed by atoms with Crippen LogP contribution in [0.15, 0.2) is 12.1 Å². The molecule has 3 aliphatic heterocycles. The van der Waals surface area contributed by atoms with Gasteiger partial charge in [0.15, 0.2) is 11.6 Å². The van der Waals surface area contributed by atoms with Gasteiger partial charge in [0, 0.05) is 43.4 Å². The first-order chi connectivity index (χ1) is 23.4. The number of anilines is 2. The zero-order valence-electron chi connectivity index (χ0n) is 27.1. The summed E-state index contributed by atoms with van der Waals surface area (Å²) in [6.45, 7) is 5.09. The van der Waals surface area contributed by atoms with Crippen molar-refractivity contribution >= 4 is 60.7 Å². The lowest BCUT2D eigenvalue weighted by Gasteiger charge is -2.32. The molecule has 15 heteroatoms. The Hall–Kier alpha value is -4.06. The topological polar surface area (TPSA) is 127 Å². The van der Waals surface area contributed by atoms with Crippen LogP contribution in [0.1, 0.15) is 38.7 Å². The number of alkyl halides is 1. The zero-order chi connectivity index (χ0) is 34.8. The molecule has 0 aliphatic carbocycles. The van der Waals surface area contributed by atoms with Crippen LogP contribution in [0.25, 0.3) is 32.1 Å². The molecule has 1 unspecified atom stereocenters. The van der Waals surface area contributed by atoms with Crippen LogP contribution < -0.4 is 20.1 Å². The summed E-state index contributed by atoms with van der Waals surface area (Å²) in [7, 11) is 1.76. The van der Waals surface area contributed by atoms with Gasteiger partial charge in [-0.3, -0.25) is 9.69 Å². The number of fused-ring (bicyclic) bond motifs is 2. The lowest BCUT2D eigenvalue weighted by atomic mass is 9.95. The Morgan fingerprint density at radius 2 is 2.08 bits per heavy atom. The molecule has 0 spiro atoms. The Morgan fingerprint density at radius 3 is 2.84 bits per heavy atom. The van der Waals surface area contributed by atoms with Crippen molar-refractivity contribution in [2.45, 2.75) is 44.8 Å². The number of aromatic nitrogens is 2. The number of thiophene rings is 1. The molecule has 2 aromatic heterocycles. The summed E-state index contributed by atoms with van der Waals surface area (Å²) in [5.41, 5.74) is 5.38. The highest BCUT2D eigenvalue weighted by atomic mass is 35.5. The van der Waals surface area contributed by atoms with Crippen molar-refractivity contribution in [3.8, 4) is 29.0 Å². The zero-order valence-corrected chi connectivity index (χ0v) is 28.7. The van der Waals surface area contributed by atoms with E-state index in [9.17, 15) is 14.4 Å². The van der Waals surface area contributed by atoms with E-state index in [0.717, 1.165) is 36.8 Å². The molecule has 49 heavy (non-hydrogen) atoms. The molecule has 3 atom stereocenters. The predicted octanol–water partition coefficient (Wildman–Crippen LogP) is 6.50. The summed E-state index contributed by atoms with van der Waals surface area (Å²) < 4.78 is 64.7. The molecule has 10 nitrogen and oxygen atoms in total. The highest BCUT2D eigenvalue weighted by molar-refractivity contribution is 7.23. The average Bonchev–Trinajstić information content (AvgIpc) is 3.71. The van der Waals surface area contributed by atoms with Crippen LogP contribution >= 0.6 is 22.9 Å². The van der Waals surface area contributed by atoms with E-state index in [1.165, 1.54) is 6.07 Å². The van der Waals surface area contributed by atoms with Crippen molar-refractivity contribution in [2.75, 3.05) is 57.1 Å². The standard InChI is InChI=1S/C34H34ClF3N6O4S/c1-16(2)32(45)47-14-17-11-43(3)31-24-27(41-33(42-31)48-15-34-7-4-8-44(34)12-18(36)9-34)26(38)23(25(35)28(24)46-13-17)19-5-6-21(37)29-22(19)20(10-39)30(40)49-29/h5-6,16-18H,4,7-9,11-15,40H2,1-3H3/t17?,18-,34+/m1/s1. The Labute approximate surface area is 289 Å². The number of halogens is 4. The van der Waals surface area contributed by atoms with Crippen LogP contribution in [0.3, 0.4) is 0 Å². The summed E-state index contributed by atoms with van der Waals surface area (Å²) in [5.74, 6) is -2.18. The number of carbonyl (C=O) groups is 1. The quantitative estimate of drug-likeness (QED) is 0.212. The summed E-state index contributed by atoms with van der Waals surface area (Å²) >= 11 is 7.91. The van der Waals surface area contributed by atoms with Gasteiger partial charge in [-0.25, -0.2) is 13.2 Å². The van der Waals surface area contributed by atoms with Gasteiger partial charge >= 0.3 is 12.0 Å². The van der Waals surface area contributed by atoms with Gasteiger partial charge in [0.25, 0.3) is 0 Å². The van der Waals surface area contributed by atoms with Gasteiger partial charge in [-0.15, -0.1) is 11.3 Å². The molecule has 0 amide bonds. The second kappa shape index (κ2) is 12.7. The van der Waals surface area contributed by atoms with Gasteiger partial charge in [0.1, 0.15) is 41.0 Å². The molecule has 2 saturated heterocycles. The van der Waals surface area contributed by atoms with Crippen molar-refractivity contribution in [1.82, 2.24) is 14.9 Å². The molecular formula is C34H34ClF3N6O4S. The number of rotatable bonds is 7. The van der Waals surface area contributed by atoms with Gasteiger partial charge in [-0.2, -0.15) is 15.2 Å². The maximum absolute atomic E-state index is 17.1. The minimum atomic E-state index is -0.971. The lowest BCUT2D eigenvalue weighted by molar-refractivity contribution is -0.148. The first-order valence-electron chi connectivity index (χ1n) is 16.1. The van der Waals surface area contributed by atoms with E-state index in [4.69, 9.17) is 36.5 Å². The van der Waals surface area contributed by atoms with E-state index in [0.29, 0.717) is 19.5 Å². The lowest BCUT2D eigenvalue weighted by Crippen LogP contribution is -2.43. The number of nitrogens with zero attached hydrogens (tertiary/aromatic N) is 5. The minimum absolute atomic E-state index is 0.00378. The van der Waals surface area contributed by atoms with Crippen molar-refractivity contribution < 1.29 is 32.2 Å². The Morgan fingerprint density at radius 1 is 1.29 bits per heavy atom. The molecule has 2 aromatic carbocycles. The van der Waals surface area contributed by atoms with E-state index >= 15 is 8.78 Å². The third-order valence-corrected chi connectivity index (χ3v) is 11.1. The Bertz CT molecular complexity index is 2040. The van der Waals surface area contributed by atoms with E-state index in [2.05, 4.69) is 9.88 Å². The number of hydrogen-bond donors (Lipinski definition) is 1. The number of nitrogen functional groups attached to an aromatic ring is 1. The molecule has 5 heterocycles. The highest BCUT2D eigenvalue weighted by Crippen LogP contribution is 2.51. The largest absolute Gasteiger partial charge is 0.491 e. The predicted molar refractivity (Wildman–Crippen MR) is 181 cm³/mol. The van der Waals surface area contributed by atoms with Gasteiger partial charge in [-0.1, -0.05) is 31.5 Å². The molecule has 2 N–H and O–H groups in total. The van der Waals surface area contributed by atoms with Crippen molar-refractivity contribution in [3.63, 3.8) is 0 Å². The normalized spacial score (nSPS) is 22.2. The van der Waals surface area contributed by atoms with Crippen LogP contribution in [-0.4, -0.2) is 79.1 Å². The van der Waals surface area contributed by atoms with Crippen LogP contribution in [0.2, 0.25) is 5.02 Å². The number of hydrogen-bond acceptors (Lipinski definition) is 11. The highest BCUT2D eigenvalue weighted by Gasteiger charge is 2.49. The molecule has 7 rings (SSSR count). The van der Waals surface area contributed by atoms with Gasteiger partial charge < -0.3 is 24.8 Å². The second-order valence-corrected chi connectivity index (χ2v) is 14.8. The Balaban J connectivity index is 1.40. The first-order valence-corrected chi connectivity index (χ1v) is 17.3. The molecule has 2 fully saturated rings. The van der Waals surface area contributed by atoms with Gasteiger partial charge in [0.2, 0.25) is 0 Å². The van der Waals surface area contributed by atoms with Gasteiger partial charge in [-0.05, 0) is 31.0 Å². The summed E-state index contributed by atoms with van der Waals surface area (Å²) in [4.78, 5) is 25.4. The van der Waals surface area contributed by atoms with E-state index in [1.807, 2.05) is 6.07 Å². The van der Waals surface area contributed by atoms with Crippen LogP contribution in [0.4, 0.5) is 24.0 Å². The molecule has 0 saturated carbocycles. The second-order valence-electron chi connectivity index (χ2n) is 13.3. The number of carbonyl (C=O) groups excluding carboxylic acids is 1. The van der Waals surface area contributed by atoms with Gasteiger partial charge in [0.05, 0.1) is 45.3 Å². The van der Waals surface area contributed by atoms with Crippen molar-refractivity contribution in [2.24, 2.45) is 11.8 Å². The van der Waals surface area contributed by atoms with Crippen LogP contribution in [0.5, 0.6) is 11.8 Å². The molecular weight excluding hydrogens is 681 g/mol. The molecule has 0 bridgehead atoms. The number of esters is 1. The van der Waals surface area contributed by atoms with E-state index in [-0.39, 0.29) is 103 Å².